The van der Waals surface area contributed by atoms with E-state index in [0.29, 0.717) is 23.4 Å². The van der Waals surface area contributed by atoms with Gasteiger partial charge in [-0.05, 0) is 31.2 Å². The summed E-state index contributed by atoms with van der Waals surface area (Å²) in [5.74, 6) is -0.103. The van der Waals surface area contributed by atoms with Crippen molar-refractivity contribution in [1.29, 1.82) is 0 Å². The molecule has 1 fully saturated rings. The lowest BCUT2D eigenvalue weighted by atomic mass is 9.94. The van der Waals surface area contributed by atoms with E-state index < -0.39 is 11.2 Å². The first-order valence-corrected chi connectivity index (χ1v) is 10.3. The summed E-state index contributed by atoms with van der Waals surface area (Å²) < 4.78 is 1.47. The summed E-state index contributed by atoms with van der Waals surface area (Å²) in [5.41, 5.74) is 0.333. The highest BCUT2D eigenvalue weighted by molar-refractivity contribution is 6.05. The van der Waals surface area contributed by atoms with E-state index in [4.69, 9.17) is 0 Å². The average molecular weight is 386 g/mol. The van der Waals surface area contributed by atoms with Crippen molar-refractivity contribution in [3.8, 4) is 0 Å². The molecule has 0 bridgehead atoms. The fourth-order valence-corrected chi connectivity index (χ4v) is 4.01. The van der Waals surface area contributed by atoms with Crippen molar-refractivity contribution in [3.63, 3.8) is 0 Å². The molecule has 0 aliphatic heterocycles. The Balaban J connectivity index is 2.22. The van der Waals surface area contributed by atoms with E-state index in [1.807, 2.05) is 27.8 Å². The predicted octanol–water partition coefficient (Wildman–Crippen LogP) is 3.02. The zero-order valence-electron chi connectivity index (χ0n) is 17.2. The van der Waals surface area contributed by atoms with Gasteiger partial charge in [-0.3, -0.25) is 19.1 Å². The number of aryl methyl sites for hydroxylation is 1. The average Bonchev–Trinajstić information content (AvgIpc) is 2.69. The molecule has 28 heavy (non-hydrogen) atoms. The van der Waals surface area contributed by atoms with Gasteiger partial charge in [0.2, 0.25) is 0 Å². The van der Waals surface area contributed by atoms with Crippen LogP contribution in [0.3, 0.4) is 0 Å². The summed E-state index contributed by atoms with van der Waals surface area (Å²) in [5, 5.41) is 0.213. The summed E-state index contributed by atoms with van der Waals surface area (Å²) in [6, 6.07) is 1.91. The first-order chi connectivity index (χ1) is 13.3. The molecule has 2 aromatic heterocycles. The summed E-state index contributed by atoms with van der Waals surface area (Å²) in [4.78, 5) is 47.2. The third-order valence-electron chi connectivity index (χ3n) is 5.68. The summed E-state index contributed by atoms with van der Waals surface area (Å²) >= 11 is 0. The molecule has 1 amide bonds. The van der Waals surface area contributed by atoms with E-state index in [9.17, 15) is 14.4 Å². The Morgan fingerprint density at radius 3 is 2.57 bits per heavy atom. The number of rotatable bonds is 5. The van der Waals surface area contributed by atoms with Crippen LogP contribution in [0.4, 0.5) is 0 Å². The summed E-state index contributed by atoms with van der Waals surface area (Å²) in [6.07, 6.45) is 6.13. The van der Waals surface area contributed by atoms with Gasteiger partial charge >= 0.3 is 5.69 Å². The largest absolute Gasteiger partial charge is 0.339 e. The number of carbonyl (C=O) groups is 1. The number of aromatic nitrogens is 3. The van der Waals surface area contributed by atoms with Crippen LogP contribution in [0.25, 0.3) is 11.0 Å². The molecule has 1 saturated carbocycles. The van der Waals surface area contributed by atoms with E-state index in [0.717, 1.165) is 32.1 Å². The first kappa shape index (κ1) is 20.3. The normalized spacial score (nSPS) is 15.3. The minimum Gasteiger partial charge on any atom is -0.339 e. The molecule has 0 radical (unpaired) electrons. The third kappa shape index (κ3) is 3.75. The fraction of sp³-hybridized carbons (Fsp3) is 0.619. The maximum Gasteiger partial charge on any atom is 0.329 e. The van der Waals surface area contributed by atoms with Crippen molar-refractivity contribution in [1.82, 2.24) is 19.4 Å². The first-order valence-electron chi connectivity index (χ1n) is 10.3. The topological polar surface area (TPSA) is 88.1 Å². The minimum atomic E-state index is -0.546. The zero-order valence-corrected chi connectivity index (χ0v) is 17.2. The van der Waals surface area contributed by atoms with Gasteiger partial charge in [-0.15, -0.1) is 0 Å². The molecule has 0 unspecified atom stereocenters. The van der Waals surface area contributed by atoms with Crippen LogP contribution in [0.2, 0.25) is 0 Å². The van der Waals surface area contributed by atoms with E-state index >= 15 is 0 Å². The molecule has 0 spiro atoms. The molecule has 7 nitrogen and oxygen atoms in total. The molecule has 7 heteroatoms. The number of pyridine rings is 1. The van der Waals surface area contributed by atoms with Crippen LogP contribution < -0.4 is 11.2 Å². The van der Waals surface area contributed by atoms with Crippen LogP contribution in [-0.2, 0) is 6.54 Å². The van der Waals surface area contributed by atoms with Crippen molar-refractivity contribution >= 4 is 16.9 Å². The number of amides is 1. The summed E-state index contributed by atoms with van der Waals surface area (Å²) in [7, 11) is 1.82. The number of nitrogens with one attached hydrogen (secondary N) is 1. The highest BCUT2D eigenvalue weighted by Crippen LogP contribution is 2.25. The quantitative estimate of drug-likeness (QED) is 0.855. The van der Waals surface area contributed by atoms with Gasteiger partial charge in [-0.2, -0.15) is 0 Å². The van der Waals surface area contributed by atoms with Gasteiger partial charge in [-0.1, -0.05) is 40.0 Å². The predicted molar refractivity (Wildman–Crippen MR) is 110 cm³/mol. The van der Waals surface area contributed by atoms with Crippen molar-refractivity contribution in [2.24, 2.45) is 0 Å². The van der Waals surface area contributed by atoms with Crippen LogP contribution in [-0.4, -0.2) is 38.4 Å². The van der Waals surface area contributed by atoms with Gasteiger partial charge in [-0.25, -0.2) is 9.78 Å². The second-order valence-electron chi connectivity index (χ2n) is 8.07. The second-order valence-corrected chi connectivity index (χ2v) is 8.07. The van der Waals surface area contributed by atoms with E-state index in [1.165, 1.54) is 11.0 Å². The lowest BCUT2D eigenvalue weighted by molar-refractivity contribution is 0.0698. The lowest BCUT2D eigenvalue weighted by Crippen LogP contribution is -2.39. The molecule has 0 saturated heterocycles. The lowest BCUT2D eigenvalue weighted by Gasteiger charge is -2.31. The fourth-order valence-electron chi connectivity index (χ4n) is 4.01. The monoisotopic (exact) mass is 386 g/mol. The number of fused-ring (bicyclic) bond motifs is 1. The molecule has 152 valence electrons. The third-order valence-corrected chi connectivity index (χ3v) is 5.68. The molecular formula is C21H30N4O3. The number of aromatic amines is 1. The van der Waals surface area contributed by atoms with Crippen LogP contribution in [0.15, 0.2) is 15.7 Å². The minimum absolute atomic E-state index is 0.0698. The van der Waals surface area contributed by atoms with Gasteiger partial charge in [0.25, 0.3) is 11.5 Å². The Morgan fingerprint density at radius 1 is 1.29 bits per heavy atom. The van der Waals surface area contributed by atoms with Crippen LogP contribution in [0, 0.1) is 0 Å². The molecule has 0 aromatic carbocycles. The van der Waals surface area contributed by atoms with Gasteiger partial charge in [0.1, 0.15) is 0 Å². The molecular weight excluding hydrogens is 356 g/mol. The molecule has 3 rings (SSSR count). The van der Waals surface area contributed by atoms with Gasteiger partial charge in [0.05, 0.1) is 10.9 Å². The van der Waals surface area contributed by atoms with E-state index in [-0.39, 0.29) is 23.3 Å². The molecule has 0 atom stereocenters. The number of H-pyrrole nitrogens is 1. The Morgan fingerprint density at radius 2 is 1.96 bits per heavy atom. The maximum atomic E-state index is 13.4. The Labute approximate surface area is 164 Å². The van der Waals surface area contributed by atoms with E-state index in [2.05, 4.69) is 9.97 Å². The van der Waals surface area contributed by atoms with Crippen molar-refractivity contribution in [2.45, 2.75) is 77.8 Å². The highest BCUT2D eigenvalue weighted by Gasteiger charge is 2.27. The molecule has 1 aliphatic carbocycles. The van der Waals surface area contributed by atoms with Gasteiger partial charge in [0, 0.05) is 25.3 Å². The van der Waals surface area contributed by atoms with Crippen LogP contribution >= 0.6 is 0 Å². The van der Waals surface area contributed by atoms with Crippen LogP contribution in [0.1, 0.15) is 81.3 Å². The number of carbonyl (C=O) groups excluding carboxylic acids is 1. The molecule has 2 aromatic rings. The Bertz CT molecular complexity index is 984. The molecule has 1 aliphatic rings. The highest BCUT2D eigenvalue weighted by atomic mass is 16.2. The number of hydrogen-bond donors (Lipinski definition) is 1. The number of hydrogen-bond acceptors (Lipinski definition) is 4. The van der Waals surface area contributed by atoms with Crippen molar-refractivity contribution in [3.05, 3.63) is 38.2 Å². The second kappa shape index (κ2) is 8.29. The van der Waals surface area contributed by atoms with Crippen molar-refractivity contribution < 1.29 is 4.79 Å². The maximum absolute atomic E-state index is 13.4. The number of nitrogens with zero attached hydrogens (tertiary/aromatic N) is 3. The van der Waals surface area contributed by atoms with Gasteiger partial charge in [0.15, 0.2) is 5.65 Å². The molecule has 2 heterocycles. The molecule has 1 N–H and O–H groups in total. The van der Waals surface area contributed by atoms with E-state index in [1.54, 1.807) is 11.0 Å². The zero-order chi connectivity index (χ0) is 20.4. The van der Waals surface area contributed by atoms with Gasteiger partial charge < -0.3 is 4.90 Å². The smallest absolute Gasteiger partial charge is 0.329 e. The SMILES string of the molecule is CCCn1c(=O)[nH]c(=O)c2c(C(=O)N(C)C3CCCCC3)cc(C(C)C)nc21. The Kier molecular flexibility index (Phi) is 6.01. The van der Waals surface area contributed by atoms with Crippen molar-refractivity contribution in [2.75, 3.05) is 7.05 Å². The summed E-state index contributed by atoms with van der Waals surface area (Å²) in [6.45, 7) is 6.37. The Hall–Kier alpha value is -2.44. The standard InChI is InChI=1S/C21H30N4O3/c1-5-11-25-18-17(19(26)23-21(25)28)15(12-16(22-18)13(2)3)20(27)24(4)14-9-7-6-8-10-14/h12-14H,5-11H2,1-4H3,(H,23,26,28). The van der Waals surface area contributed by atoms with Crippen LogP contribution in [0.5, 0.6) is 0 Å².